The van der Waals surface area contributed by atoms with E-state index in [4.69, 9.17) is 5.73 Å². The second-order valence-electron chi connectivity index (χ2n) is 3.44. The molecule has 2 unspecified atom stereocenters. The van der Waals surface area contributed by atoms with E-state index in [2.05, 4.69) is 37.3 Å². The smallest absolute Gasteiger partial charge is 0.0195 e. The van der Waals surface area contributed by atoms with Gasteiger partial charge >= 0.3 is 0 Å². The molecule has 1 rings (SSSR count). The summed E-state index contributed by atoms with van der Waals surface area (Å²) in [6.07, 6.45) is 4.19. The molecule has 2 atom stereocenters. The molecule has 0 radical (unpaired) electrons. The Morgan fingerprint density at radius 2 is 1.69 bits per heavy atom. The molecular weight excluding hydrogens is 158 g/mol. The van der Waals surface area contributed by atoms with Crippen LogP contribution in [0.3, 0.4) is 0 Å². The van der Waals surface area contributed by atoms with Gasteiger partial charge in [-0.3, -0.25) is 0 Å². The molecule has 13 heavy (non-hydrogen) atoms. The lowest BCUT2D eigenvalue weighted by Crippen LogP contribution is -2.10. The third-order valence-electron chi connectivity index (χ3n) is 2.03. The van der Waals surface area contributed by atoms with Gasteiger partial charge in [0.2, 0.25) is 0 Å². The molecule has 0 amide bonds. The van der Waals surface area contributed by atoms with E-state index in [0.717, 1.165) is 0 Å². The van der Waals surface area contributed by atoms with Gasteiger partial charge in [0.1, 0.15) is 0 Å². The Kier molecular flexibility index (Phi) is 3.71. The zero-order valence-electron chi connectivity index (χ0n) is 8.27. The van der Waals surface area contributed by atoms with Crippen LogP contribution in [-0.2, 0) is 0 Å². The predicted molar refractivity (Wildman–Crippen MR) is 57.6 cm³/mol. The molecule has 0 saturated carbocycles. The van der Waals surface area contributed by atoms with E-state index in [1.807, 2.05) is 19.1 Å². The van der Waals surface area contributed by atoms with Crippen molar-refractivity contribution in [2.24, 2.45) is 5.73 Å². The molecule has 0 aromatic heterocycles. The van der Waals surface area contributed by atoms with E-state index in [0.29, 0.717) is 5.92 Å². The molecule has 1 aromatic carbocycles. The van der Waals surface area contributed by atoms with Gasteiger partial charge in [0, 0.05) is 6.04 Å². The van der Waals surface area contributed by atoms with Gasteiger partial charge < -0.3 is 5.73 Å². The van der Waals surface area contributed by atoms with Crippen molar-refractivity contribution in [3.63, 3.8) is 0 Å². The van der Waals surface area contributed by atoms with Crippen LogP contribution in [-0.4, -0.2) is 6.04 Å². The van der Waals surface area contributed by atoms with Crippen molar-refractivity contribution in [2.45, 2.75) is 25.8 Å². The second-order valence-corrected chi connectivity index (χ2v) is 3.44. The lowest BCUT2D eigenvalue weighted by molar-refractivity contribution is 0.892. The first kappa shape index (κ1) is 10.0. The van der Waals surface area contributed by atoms with Crippen LogP contribution in [0, 0.1) is 0 Å². The fraction of sp³-hybridized carbons (Fsp3) is 0.333. The molecule has 1 heteroatoms. The fourth-order valence-electron chi connectivity index (χ4n) is 1.21. The van der Waals surface area contributed by atoms with E-state index >= 15 is 0 Å². The van der Waals surface area contributed by atoms with Crippen molar-refractivity contribution in [3.8, 4) is 0 Å². The zero-order chi connectivity index (χ0) is 9.68. The van der Waals surface area contributed by atoms with Crippen molar-refractivity contribution in [1.82, 2.24) is 0 Å². The summed E-state index contributed by atoms with van der Waals surface area (Å²) in [5, 5.41) is 0. The summed E-state index contributed by atoms with van der Waals surface area (Å²) < 4.78 is 0. The molecule has 2 N–H and O–H groups in total. The minimum Gasteiger partial charge on any atom is -0.325 e. The molecule has 0 aliphatic carbocycles. The zero-order valence-corrected chi connectivity index (χ0v) is 8.27. The number of rotatable bonds is 3. The van der Waals surface area contributed by atoms with Gasteiger partial charge in [0.25, 0.3) is 0 Å². The summed E-state index contributed by atoms with van der Waals surface area (Å²) >= 11 is 0. The van der Waals surface area contributed by atoms with Crippen molar-refractivity contribution in [1.29, 1.82) is 0 Å². The van der Waals surface area contributed by atoms with Gasteiger partial charge in [0.05, 0.1) is 0 Å². The Balaban J connectivity index is 2.64. The Bertz CT molecular complexity index is 262. The van der Waals surface area contributed by atoms with Gasteiger partial charge in [-0.25, -0.2) is 0 Å². The molecule has 1 nitrogen and oxygen atoms in total. The highest BCUT2D eigenvalue weighted by Crippen LogP contribution is 2.15. The fourth-order valence-corrected chi connectivity index (χ4v) is 1.21. The van der Waals surface area contributed by atoms with Crippen molar-refractivity contribution >= 4 is 0 Å². The highest BCUT2D eigenvalue weighted by Gasteiger charge is 1.99. The van der Waals surface area contributed by atoms with E-state index in [-0.39, 0.29) is 6.04 Å². The normalized spacial score (nSPS) is 15.9. The van der Waals surface area contributed by atoms with Gasteiger partial charge in [-0.15, -0.1) is 0 Å². The molecule has 70 valence electrons. The monoisotopic (exact) mass is 175 g/mol. The Labute approximate surface area is 80.3 Å². The van der Waals surface area contributed by atoms with Crippen LogP contribution in [0.5, 0.6) is 0 Å². The third kappa shape index (κ3) is 3.43. The first-order valence-corrected chi connectivity index (χ1v) is 4.69. The van der Waals surface area contributed by atoms with Gasteiger partial charge in [-0.2, -0.15) is 0 Å². The average Bonchev–Trinajstić information content (AvgIpc) is 2.15. The van der Waals surface area contributed by atoms with E-state index < -0.39 is 0 Å². The first-order valence-electron chi connectivity index (χ1n) is 4.69. The molecule has 0 aliphatic rings. The number of hydrogen-bond donors (Lipinski definition) is 1. The SMILES string of the molecule is CC(N)/C=C/C(C)c1ccccc1. The van der Waals surface area contributed by atoms with Gasteiger partial charge in [-0.05, 0) is 18.4 Å². The van der Waals surface area contributed by atoms with Crippen LogP contribution in [0.4, 0.5) is 0 Å². The maximum absolute atomic E-state index is 5.63. The van der Waals surface area contributed by atoms with E-state index in [1.54, 1.807) is 0 Å². The lowest BCUT2D eigenvalue weighted by atomic mass is 10.0. The average molecular weight is 175 g/mol. The molecule has 0 saturated heterocycles. The predicted octanol–water partition coefficient (Wildman–Crippen LogP) is 2.69. The summed E-state index contributed by atoms with van der Waals surface area (Å²) in [6, 6.07) is 10.6. The third-order valence-corrected chi connectivity index (χ3v) is 2.03. The summed E-state index contributed by atoms with van der Waals surface area (Å²) in [5.41, 5.74) is 6.96. The summed E-state index contributed by atoms with van der Waals surface area (Å²) in [6.45, 7) is 4.16. The molecular formula is C12H17N. The number of benzene rings is 1. The van der Waals surface area contributed by atoms with Crippen LogP contribution in [0.2, 0.25) is 0 Å². The molecule has 0 aliphatic heterocycles. The number of allylic oxidation sites excluding steroid dienone is 1. The van der Waals surface area contributed by atoms with Gasteiger partial charge in [0.15, 0.2) is 0 Å². The van der Waals surface area contributed by atoms with E-state index in [1.165, 1.54) is 5.56 Å². The Hall–Kier alpha value is -1.08. The maximum Gasteiger partial charge on any atom is 0.0195 e. The molecule has 0 heterocycles. The molecule has 1 aromatic rings. The maximum atomic E-state index is 5.63. The van der Waals surface area contributed by atoms with Crippen LogP contribution in [0.1, 0.15) is 25.3 Å². The second kappa shape index (κ2) is 4.83. The highest BCUT2D eigenvalue weighted by atomic mass is 14.6. The van der Waals surface area contributed by atoms with E-state index in [9.17, 15) is 0 Å². The Morgan fingerprint density at radius 1 is 1.08 bits per heavy atom. The molecule has 0 fully saturated rings. The van der Waals surface area contributed by atoms with Crippen molar-refractivity contribution < 1.29 is 0 Å². The molecule has 0 bridgehead atoms. The van der Waals surface area contributed by atoms with Crippen LogP contribution < -0.4 is 5.73 Å². The van der Waals surface area contributed by atoms with Gasteiger partial charge in [-0.1, -0.05) is 49.4 Å². The number of hydrogen-bond acceptors (Lipinski definition) is 1. The quantitative estimate of drug-likeness (QED) is 0.702. The van der Waals surface area contributed by atoms with Crippen molar-refractivity contribution in [2.75, 3.05) is 0 Å². The number of nitrogens with two attached hydrogens (primary N) is 1. The minimum atomic E-state index is 0.145. The summed E-state index contributed by atoms with van der Waals surface area (Å²) in [7, 11) is 0. The largest absolute Gasteiger partial charge is 0.325 e. The van der Waals surface area contributed by atoms with Crippen LogP contribution in [0.25, 0.3) is 0 Å². The van der Waals surface area contributed by atoms with Crippen LogP contribution >= 0.6 is 0 Å². The lowest BCUT2D eigenvalue weighted by Gasteiger charge is -2.06. The standard InChI is InChI=1S/C12H17N/c1-10(8-9-11(2)13)12-6-4-3-5-7-12/h3-11H,13H2,1-2H3/b9-8+. The highest BCUT2D eigenvalue weighted by molar-refractivity contribution is 5.22. The topological polar surface area (TPSA) is 26.0 Å². The Morgan fingerprint density at radius 3 is 2.23 bits per heavy atom. The van der Waals surface area contributed by atoms with Crippen LogP contribution in [0.15, 0.2) is 42.5 Å². The first-order chi connectivity index (χ1) is 6.20. The molecule has 0 spiro atoms. The summed E-state index contributed by atoms with van der Waals surface area (Å²) in [5.74, 6) is 0.451. The minimum absolute atomic E-state index is 0.145. The summed E-state index contributed by atoms with van der Waals surface area (Å²) in [4.78, 5) is 0. The van der Waals surface area contributed by atoms with Crippen molar-refractivity contribution in [3.05, 3.63) is 48.0 Å².